The van der Waals surface area contributed by atoms with E-state index in [0.717, 1.165) is 11.3 Å². The van der Waals surface area contributed by atoms with Gasteiger partial charge in [-0.3, -0.25) is 9.69 Å². The topological polar surface area (TPSA) is 20.3 Å². The van der Waals surface area contributed by atoms with Crippen LogP contribution in [0.5, 0.6) is 0 Å². The molecule has 2 nitrogen and oxygen atoms in total. The number of amides is 1. The third kappa shape index (κ3) is 1.42. The van der Waals surface area contributed by atoms with Crippen LogP contribution in [-0.4, -0.2) is 11.4 Å². The average Bonchev–Trinajstić information content (AvgIpc) is 2.17. The smallest absolute Gasteiger partial charge is 0.292 e. The summed E-state index contributed by atoms with van der Waals surface area (Å²) in [5, 5.41) is -0.436. The third-order valence-electron chi connectivity index (χ3n) is 2.35. The van der Waals surface area contributed by atoms with E-state index in [-0.39, 0.29) is 6.04 Å². The Bertz CT molecular complexity index is 400. The highest BCUT2D eigenvalue weighted by atomic mass is 35.5. The van der Waals surface area contributed by atoms with Crippen LogP contribution in [0, 0.1) is 0 Å². The quantitative estimate of drug-likeness (QED) is 0.472. The predicted molar refractivity (Wildman–Crippen MR) is 58.7 cm³/mol. The number of hydrogen-bond donors (Lipinski definition) is 0. The number of hydrogen-bond acceptors (Lipinski definition) is 1. The summed E-state index contributed by atoms with van der Waals surface area (Å²) in [6.45, 7) is 1.94. The number of halogens is 1. The molecule has 0 saturated carbocycles. The van der Waals surface area contributed by atoms with Gasteiger partial charge in [-0.2, -0.15) is 0 Å². The second-order valence-corrected chi connectivity index (χ2v) is 3.60. The maximum absolute atomic E-state index is 11.2. The summed E-state index contributed by atoms with van der Waals surface area (Å²) in [4.78, 5) is 12.8. The van der Waals surface area contributed by atoms with E-state index < -0.39 is 5.37 Å². The number of rotatable bonds is 0. The van der Waals surface area contributed by atoms with Gasteiger partial charge >= 0.3 is 5.37 Å². The highest BCUT2D eigenvalue weighted by molar-refractivity contribution is 6.66. The highest BCUT2D eigenvalue weighted by Crippen LogP contribution is 2.29. The van der Waals surface area contributed by atoms with Crippen LogP contribution in [0.4, 0.5) is 10.5 Å². The molecule has 1 heterocycles. The van der Waals surface area contributed by atoms with Gasteiger partial charge in [0, 0.05) is 0 Å². The highest BCUT2D eigenvalue weighted by Gasteiger charge is 2.23. The Morgan fingerprint density at radius 3 is 2.86 bits per heavy atom. The molecule has 1 aromatic rings. The second kappa shape index (κ2) is 3.46. The Hall–Kier alpha value is -1.28. The Morgan fingerprint density at radius 1 is 1.43 bits per heavy atom. The number of carbonyl (C=O) groups excluding carboxylic acids is 1. The van der Waals surface area contributed by atoms with Crippen molar-refractivity contribution in [3.63, 3.8) is 0 Å². The van der Waals surface area contributed by atoms with E-state index in [1.54, 1.807) is 4.90 Å². The molecule has 0 N–H and O–H groups in total. The standard InChI is InChI=1S/C11H10ClNO/c1-8-6-7-9-4-2-3-5-10(9)13(8)11(12)14/h2-8H,1H3. The molecule has 1 amide bonds. The van der Waals surface area contributed by atoms with E-state index in [2.05, 4.69) is 0 Å². The molecule has 1 aliphatic rings. The summed E-state index contributed by atoms with van der Waals surface area (Å²) in [7, 11) is 0. The molecule has 0 aromatic heterocycles. The first-order valence-corrected chi connectivity index (χ1v) is 4.84. The molecular formula is C11H10ClNO. The van der Waals surface area contributed by atoms with Crippen LogP contribution in [0.1, 0.15) is 12.5 Å². The van der Waals surface area contributed by atoms with Gasteiger partial charge in [0.2, 0.25) is 0 Å². The van der Waals surface area contributed by atoms with Gasteiger partial charge in [0.1, 0.15) is 0 Å². The van der Waals surface area contributed by atoms with E-state index in [1.807, 2.05) is 43.3 Å². The first kappa shape index (κ1) is 9.28. The molecule has 1 aromatic carbocycles. The SMILES string of the molecule is CC1C=Cc2ccccc2N1C(=O)Cl. The molecule has 0 radical (unpaired) electrons. The van der Waals surface area contributed by atoms with Gasteiger partial charge in [0.05, 0.1) is 11.7 Å². The van der Waals surface area contributed by atoms with Crippen molar-refractivity contribution in [2.45, 2.75) is 13.0 Å². The summed E-state index contributed by atoms with van der Waals surface area (Å²) >= 11 is 5.53. The van der Waals surface area contributed by atoms with Gasteiger partial charge in [-0.25, -0.2) is 0 Å². The van der Waals surface area contributed by atoms with Crippen molar-refractivity contribution in [3.8, 4) is 0 Å². The molecule has 0 aliphatic carbocycles. The molecule has 0 bridgehead atoms. The lowest BCUT2D eigenvalue weighted by atomic mass is 10.0. The molecular weight excluding hydrogens is 198 g/mol. The fraction of sp³-hybridized carbons (Fsp3) is 0.182. The minimum absolute atomic E-state index is 0.0231. The van der Waals surface area contributed by atoms with Gasteiger partial charge in [0.25, 0.3) is 0 Å². The Balaban J connectivity index is 2.53. The number of carbonyl (C=O) groups is 1. The van der Waals surface area contributed by atoms with Crippen molar-refractivity contribution in [2.75, 3.05) is 4.90 Å². The number of benzene rings is 1. The summed E-state index contributed by atoms with van der Waals surface area (Å²) < 4.78 is 0. The lowest BCUT2D eigenvalue weighted by molar-refractivity contribution is 0.263. The van der Waals surface area contributed by atoms with Crippen LogP contribution in [0.2, 0.25) is 0 Å². The van der Waals surface area contributed by atoms with Crippen molar-refractivity contribution >= 4 is 28.7 Å². The number of nitrogens with zero attached hydrogens (tertiary/aromatic N) is 1. The van der Waals surface area contributed by atoms with E-state index in [4.69, 9.17) is 11.6 Å². The summed E-state index contributed by atoms with van der Waals surface area (Å²) in [6, 6.07) is 7.73. The molecule has 72 valence electrons. The zero-order valence-corrected chi connectivity index (χ0v) is 8.53. The average molecular weight is 208 g/mol. The first-order valence-electron chi connectivity index (χ1n) is 4.46. The zero-order valence-electron chi connectivity index (χ0n) is 7.77. The fourth-order valence-corrected chi connectivity index (χ4v) is 1.90. The first-order chi connectivity index (χ1) is 6.70. The van der Waals surface area contributed by atoms with Crippen LogP contribution in [0.15, 0.2) is 30.3 Å². The minimum atomic E-state index is -0.436. The summed E-state index contributed by atoms with van der Waals surface area (Å²) in [5.74, 6) is 0. The number of para-hydroxylation sites is 1. The van der Waals surface area contributed by atoms with Crippen molar-refractivity contribution in [1.82, 2.24) is 0 Å². The molecule has 0 fully saturated rings. The van der Waals surface area contributed by atoms with Crippen LogP contribution in [0.25, 0.3) is 6.08 Å². The second-order valence-electron chi connectivity index (χ2n) is 3.28. The molecule has 14 heavy (non-hydrogen) atoms. The molecule has 1 aliphatic heterocycles. The molecule has 0 spiro atoms. The fourth-order valence-electron chi connectivity index (χ4n) is 1.65. The van der Waals surface area contributed by atoms with Crippen LogP contribution in [0.3, 0.4) is 0 Å². The van der Waals surface area contributed by atoms with Crippen molar-refractivity contribution in [1.29, 1.82) is 0 Å². The Morgan fingerprint density at radius 2 is 2.14 bits per heavy atom. The maximum atomic E-state index is 11.2. The predicted octanol–water partition coefficient (Wildman–Crippen LogP) is 3.27. The zero-order chi connectivity index (χ0) is 10.1. The van der Waals surface area contributed by atoms with Crippen molar-refractivity contribution in [3.05, 3.63) is 35.9 Å². The van der Waals surface area contributed by atoms with Gasteiger partial charge in [0.15, 0.2) is 0 Å². The molecule has 1 unspecified atom stereocenters. The van der Waals surface area contributed by atoms with E-state index in [0.29, 0.717) is 0 Å². The lowest BCUT2D eigenvalue weighted by Crippen LogP contribution is -2.35. The maximum Gasteiger partial charge on any atom is 0.321 e. The van der Waals surface area contributed by atoms with Gasteiger partial charge in [-0.05, 0) is 30.2 Å². The van der Waals surface area contributed by atoms with E-state index in [9.17, 15) is 4.79 Å². The monoisotopic (exact) mass is 207 g/mol. The Kier molecular flexibility index (Phi) is 2.30. The van der Waals surface area contributed by atoms with E-state index in [1.165, 1.54) is 0 Å². The summed E-state index contributed by atoms with van der Waals surface area (Å²) in [5.41, 5.74) is 1.90. The largest absolute Gasteiger partial charge is 0.321 e. The molecule has 2 rings (SSSR count). The Labute approximate surface area is 87.8 Å². The lowest BCUT2D eigenvalue weighted by Gasteiger charge is -2.29. The normalized spacial score (nSPS) is 19.3. The van der Waals surface area contributed by atoms with Crippen LogP contribution < -0.4 is 4.90 Å². The van der Waals surface area contributed by atoms with Gasteiger partial charge in [-0.1, -0.05) is 30.4 Å². The van der Waals surface area contributed by atoms with Gasteiger partial charge in [-0.15, -0.1) is 0 Å². The van der Waals surface area contributed by atoms with E-state index >= 15 is 0 Å². The number of fused-ring (bicyclic) bond motifs is 1. The van der Waals surface area contributed by atoms with Crippen molar-refractivity contribution in [2.24, 2.45) is 0 Å². The molecule has 1 atom stereocenters. The summed E-state index contributed by atoms with van der Waals surface area (Å²) in [6.07, 6.45) is 3.97. The van der Waals surface area contributed by atoms with Crippen LogP contribution in [-0.2, 0) is 0 Å². The van der Waals surface area contributed by atoms with Crippen LogP contribution >= 0.6 is 11.6 Å². The third-order valence-corrected chi connectivity index (χ3v) is 2.53. The van der Waals surface area contributed by atoms with Gasteiger partial charge < -0.3 is 0 Å². The molecule has 3 heteroatoms. The minimum Gasteiger partial charge on any atom is -0.292 e. The number of anilines is 1. The van der Waals surface area contributed by atoms with Crippen molar-refractivity contribution < 1.29 is 4.79 Å². The molecule has 0 saturated heterocycles.